The van der Waals surface area contributed by atoms with E-state index in [-0.39, 0.29) is 18.5 Å². The van der Waals surface area contributed by atoms with E-state index in [1.807, 2.05) is 44.2 Å². The van der Waals surface area contributed by atoms with Gasteiger partial charge in [0.25, 0.3) is 10.2 Å². The van der Waals surface area contributed by atoms with E-state index in [1.54, 1.807) is 0 Å². The summed E-state index contributed by atoms with van der Waals surface area (Å²) in [6, 6.07) is 9.39. The maximum absolute atomic E-state index is 11.8. The summed E-state index contributed by atoms with van der Waals surface area (Å²) < 4.78 is 28.7. The summed E-state index contributed by atoms with van der Waals surface area (Å²) in [7, 11) is -3.49. The van der Waals surface area contributed by atoms with Gasteiger partial charge in [0.2, 0.25) is 0 Å². The number of nitrogens with two attached hydrogens (primary N) is 1. The first-order valence-electron chi connectivity index (χ1n) is 6.44. The van der Waals surface area contributed by atoms with Crippen molar-refractivity contribution in [3.8, 4) is 0 Å². The molecule has 0 saturated carbocycles. The summed E-state index contributed by atoms with van der Waals surface area (Å²) in [5.41, 5.74) is 6.69. The SMILES string of the molecule is CC(C)CNS(=O)(=O)NC(CN)Cc1ccccc1. The van der Waals surface area contributed by atoms with Gasteiger partial charge in [-0.3, -0.25) is 0 Å². The van der Waals surface area contributed by atoms with Gasteiger partial charge in [0.05, 0.1) is 0 Å². The second-order valence-electron chi connectivity index (χ2n) is 4.99. The third-order valence-corrected chi connectivity index (χ3v) is 3.80. The van der Waals surface area contributed by atoms with E-state index in [0.717, 1.165) is 5.56 Å². The Bertz CT molecular complexity index is 460. The average molecular weight is 285 g/mol. The van der Waals surface area contributed by atoms with E-state index in [0.29, 0.717) is 13.0 Å². The molecule has 0 aliphatic heterocycles. The van der Waals surface area contributed by atoms with Crippen LogP contribution in [0.4, 0.5) is 0 Å². The van der Waals surface area contributed by atoms with Crippen molar-refractivity contribution in [1.29, 1.82) is 0 Å². The van der Waals surface area contributed by atoms with Crippen molar-refractivity contribution in [2.24, 2.45) is 11.7 Å². The normalized spacial score (nSPS) is 13.7. The van der Waals surface area contributed by atoms with Crippen LogP contribution in [0.5, 0.6) is 0 Å². The molecule has 0 spiro atoms. The molecule has 1 unspecified atom stereocenters. The summed E-state index contributed by atoms with van der Waals surface area (Å²) in [5, 5.41) is 0. The van der Waals surface area contributed by atoms with Gasteiger partial charge in [-0.2, -0.15) is 13.1 Å². The molecule has 0 heterocycles. The summed E-state index contributed by atoms with van der Waals surface area (Å²) in [6.07, 6.45) is 0.583. The Morgan fingerprint density at radius 1 is 1.21 bits per heavy atom. The fraction of sp³-hybridized carbons (Fsp3) is 0.538. The topological polar surface area (TPSA) is 84.2 Å². The van der Waals surface area contributed by atoms with Crippen LogP contribution in [0, 0.1) is 5.92 Å². The third kappa shape index (κ3) is 6.68. The molecule has 0 aromatic heterocycles. The number of benzene rings is 1. The standard InChI is InChI=1S/C13H23N3O2S/c1-11(2)10-15-19(17,18)16-13(9-14)8-12-6-4-3-5-7-12/h3-7,11,13,15-16H,8-10,14H2,1-2H3. The fourth-order valence-electron chi connectivity index (χ4n) is 1.61. The molecule has 0 radical (unpaired) electrons. The molecule has 0 bridgehead atoms. The zero-order chi connectivity index (χ0) is 14.3. The monoisotopic (exact) mass is 285 g/mol. The maximum atomic E-state index is 11.8. The Balaban J connectivity index is 2.56. The molecule has 0 fully saturated rings. The Morgan fingerprint density at radius 3 is 2.37 bits per heavy atom. The molecular weight excluding hydrogens is 262 g/mol. The lowest BCUT2D eigenvalue weighted by molar-refractivity contribution is 0.523. The zero-order valence-corrected chi connectivity index (χ0v) is 12.3. The van der Waals surface area contributed by atoms with Crippen molar-refractivity contribution >= 4 is 10.2 Å². The van der Waals surface area contributed by atoms with Crippen LogP contribution in [-0.2, 0) is 16.6 Å². The first-order chi connectivity index (χ1) is 8.93. The first-order valence-corrected chi connectivity index (χ1v) is 7.92. The molecule has 0 aliphatic rings. The van der Waals surface area contributed by atoms with E-state index in [4.69, 9.17) is 5.73 Å². The molecule has 1 atom stereocenters. The van der Waals surface area contributed by atoms with E-state index in [1.165, 1.54) is 0 Å². The second kappa shape index (κ2) is 7.59. The summed E-state index contributed by atoms with van der Waals surface area (Å²) in [6.45, 7) is 4.58. The molecule has 0 saturated heterocycles. The molecule has 6 heteroatoms. The Labute approximate surface area is 115 Å². The first kappa shape index (κ1) is 16.1. The number of hydrogen-bond acceptors (Lipinski definition) is 3. The van der Waals surface area contributed by atoms with Crippen molar-refractivity contribution < 1.29 is 8.42 Å². The van der Waals surface area contributed by atoms with Crippen molar-refractivity contribution in [1.82, 2.24) is 9.44 Å². The highest BCUT2D eigenvalue weighted by molar-refractivity contribution is 7.87. The highest BCUT2D eigenvalue weighted by Crippen LogP contribution is 2.03. The summed E-state index contributed by atoms with van der Waals surface area (Å²) >= 11 is 0. The molecule has 1 rings (SSSR count). The van der Waals surface area contributed by atoms with Crippen LogP contribution in [0.2, 0.25) is 0 Å². The third-order valence-electron chi connectivity index (χ3n) is 2.61. The Hall–Kier alpha value is -0.950. The molecule has 4 N–H and O–H groups in total. The molecule has 108 valence electrons. The molecule has 1 aromatic rings. The molecule has 0 aliphatic carbocycles. The van der Waals surface area contributed by atoms with Gasteiger partial charge < -0.3 is 5.73 Å². The van der Waals surface area contributed by atoms with E-state index in [2.05, 4.69) is 9.44 Å². The lowest BCUT2D eigenvalue weighted by atomic mass is 10.1. The van der Waals surface area contributed by atoms with Gasteiger partial charge in [-0.25, -0.2) is 4.72 Å². The summed E-state index contributed by atoms with van der Waals surface area (Å²) in [4.78, 5) is 0. The van der Waals surface area contributed by atoms with Crippen molar-refractivity contribution in [3.63, 3.8) is 0 Å². The molecule has 1 aromatic carbocycles. The zero-order valence-electron chi connectivity index (χ0n) is 11.5. The van der Waals surface area contributed by atoms with Crippen LogP contribution >= 0.6 is 0 Å². The quantitative estimate of drug-likeness (QED) is 0.655. The van der Waals surface area contributed by atoms with Gasteiger partial charge in [0.15, 0.2) is 0 Å². The average Bonchev–Trinajstić information content (AvgIpc) is 2.37. The van der Waals surface area contributed by atoms with Gasteiger partial charge >= 0.3 is 0 Å². The van der Waals surface area contributed by atoms with Crippen molar-refractivity contribution in [2.75, 3.05) is 13.1 Å². The predicted octanol–water partition coefficient (Wildman–Crippen LogP) is 0.636. The van der Waals surface area contributed by atoms with Gasteiger partial charge in [-0.05, 0) is 17.9 Å². The highest BCUT2D eigenvalue weighted by Gasteiger charge is 2.16. The minimum Gasteiger partial charge on any atom is -0.329 e. The van der Waals surface area contributed by atoms with Gasteiger partial charge in [0.1, 0.15) is 0 Å². The smallest absolute Gasteiger partial charge is 0.277 e. The lowest BCUT2D eigenvalue weighted by Gasteiger charge is -2.18. The Kier molecular flexibility index (Phi) is 6.44. The van der Waals surface area contributed by atoms with Gasteiger partial charge in [-0.1, -0.05) is 44.2 Å². The van der Waals surface area contributed by atoms with Crippen LogP contribution in [0.15, 0.2) is 30.3 Å². The largest absolute Gasteiger partial charge is 0.329 e. The molecule has 19 heavy (non-hydrogen) atoms. The Morgan fingerprint density at radius 2 is 1.84 bits per heavy atom. The number of hydrogen-bond donors (Lipinski definition) is 3. The maximum Gasteiger partial charge on any atom is 0.277 e. The highest BCUT2D eigenvalue weighted by atomic mass is 32.2. The number of nitrogens with one attached hydrogen (secondary N) is 2. The van der Waals surface area contributed by atoms with Crippen LogP contribution in [-0.4, -0.2) is 27.5 Å². The minimum atomic E-state index is -3.49. The molecule has 5 nitrogen and oxygen atoms in total. The van der Waals surface area contributed by atoms with Crippen LogP contribution < -0.4 is 15.2 Å². The number of rotatable bonds is 8. The summed E-state index contributed by atoms with van der Waals surface area (Å²) in [5.74, 6) is 0.266. The van der Waals surface area contributed by atoms with E-state index in [9.17, 15) is 8.42 Å². The van der Waals surface area contributed by atoms with E-state index >= 15 is 0 Å². The van der Waals surface area contributed by atoms with Crippen molar-refractivity contribution in [2.45, 2.75) is 26.3 Å². The van der Waals surface area contributed by atoms with Crippen LogP contribution in [0.3, 0.4) is 0 Å². The second-order valence-corrected chi connectivity index (χ2v) is 6.52. The predicted molar refractivity (Wildman–Crippen MR) is 77.9 cm³/mol. The lowest BCUT2D eigenvalue weighted by Crippen LogP contribution is -2.47. The van der Waals surface area contributed by atoms with Gasteiger partial charge in [0, 0.05) is 19.1 Å². The van der Waals surface area contributed by atoms with Crippen molar-refractivity contribution in [3.05, 3.63) is 35.9 Å². The fourth-order valence-corrected chi connectivity index (χ4v) is 2.86. The van der Waals surface area contributed by atoms with Crippen LogP contribution in [0.1, 0.15) is 19.4 Å². The van der Waals surface area contributed by atoms with Gasteiger partial charge in [-0.15, -0.1) is 0 Å². The molecular formula is C13H23N3O2S. The van der Waals surface area contributed by atoms with Crippen LogP contribution in [0.25, 0.3) is 0 Å². The van der Waals surface area contributed by atoms with E-state index < -0.39 is 10.2 Å². The molecule has 0 amide bonds. The minimum absolute atomic E-state index is 0.261.